The third-order valence-electron chi connectivity index (χ3n) is 4.54. The van der Waals surface area contributed by atoms with Gasteiger partial charge in [-0.25, -0.2) is 8.42 Å². The van der Waals surface area contributed by atoms with Gasteiger partial charge in [-0.2, -0.15) is 4.72 Å². The summed E-state index contributed by atoms with van der Waals surface area (Å²) in [6.45, 7) is 5.24. The zero-order chi connectivity index (χ0) is 22.0. The van der Waals surface area contributed by atoms with Gasteiger partial charge in [-0.1, -0.05) is 30.3 Å². The molecule has 0 aliphatic carbocycles. The number of benzene rings is 2. The average molecular weight is 435 g/mol. The number of hydrogen-bond donors (Lipinski definition) is 2. The maximum Gasteiger partial charge on any atom is 0.241 e. The maximum absolute atomic E-state index is 13.0. The van der Waals surface area contributed by atoms with E-state index in [-0.39, 0.29) is 17.2 Å². The molecule has 0 aliphatic heterocycles. The second-order valence-electron chi connectivity index (χ2n) is 6.84. The lowest BCUT2D eigenvalue weighted by Gasteiger charge is -2.19. The molecule has 0 aliphatic rings. The molecule has 164 valence electrons. The molecule has 1 amide bonds. The molecule has 2 N–H and O–H groups in total. The summed E-state index contributed by atoms with van der Waals surface area (Å²) in [7, 11) is -2.37. The van der Waals surface area contributed by atoms with Crippen LogP contribution in [0.1, 0.15) is 24.5 Å². The molecule has 2 aromatic rings. The molecule has 0 bridgehead atoms. The van der Waals surface area contributed by atoms with Crippen LogP contribution in [0.3, 0.4) is 0 Å². The quantitative estimate of drug-likeness (QED) is 0.501. The number of amides is 1. The van der Waals surface area contributed by atoms with Crippen LogP contribution in [-0.4, -0.2) is 47.2 Å². The van der Waals surface area contributed by atoms with Gasteiger partial charge < -0.3 is 14.8 Å². The van der Waals surface area contributed by atoms with E-state index in [2.05, 4.69) is 10.0 Å². The Hall–Kier alpha value is -2.42. The Morgan fingerprint density at radius 3 is 2.50 bits per heavy atom. The smallest absolute Gasteiger partial charge is 0.241 e. The van der Waals surface area contributed by atoms with E-state index in [9.17, 15) is 13.2 Å². The summed E-state index contributed by atoms with van der Waals surface area (Å²) in [6.07, 6.45) is 0.897. The van der Waals surface area contributed by atoms with Crippen LogP contribution in [0.2, 0.25) is 0 Å². The van der Waals surface area contributed by atoms with Crippen LogP contribution in [0, 0.1) is 6.92 Å². The third-order valence-corrected chi connectivity index (χ3v) is 6.01. The lowest BCUT2D eigenvalue weighted by molar-refractivity contribution is -0.122. The predicted molar refractivity (Wildman–Crippen MR) is 116 cm³/mol. The average Bonchev–Trinajstić information content (AvgIpc) is 2.73. The molecule has 30 heavy (non-hydrogen) atoms. The maximum atomic E-state index is 13.0. The molecule has 0 heterocycles. The zero-order valence-electron chi connectivity index (χ0n) is 17.7. The van der Waals surface area contributed by atoms with Crippen molar-refractivity contribution in [1.82, 2.24) is 10.0 Å². The molecule has 2 rings (SSSR count). The molecule has 2 aromatic carbocycles. The van der Waals surface area contributed by atoms with E-state index < -0.39 is 16.1 Å². The lowest BCUT2D eigenvalue weighted by atomic mass is 10.1. The summed E-state index contributed by atoms with van der Waals surface area (Å²) < 4.78 is 38.9. The molecule has 0 aromatic heterocycles. The highest BCUT2D eigenvalue weighted by Crippen LogP contribution is 2.21. The molecule has 0 radical (unpaired) electrons. The first-order chi connectivity index (χ1) is 14.4. The monoisotopic (exact) mass is 434 g/mol. The SMILES string of the molecule is CCOCCCNC(=O)[C@H](Cc1ccccc1)NS(=O)(=O)c1ccc(OC)c(C)c1. The minimum Gasteiger partial charge on any atom is -0.496 e. The summed E-state index contributed by atoms with van der Waals surface area (Å²) in [5.41, 5.74) is 1.56. The summed E-state index contributed by atoms with van der Waals surface area (Å²) in [5.74, 6) is 0.228. The van der Waals surface area contributed by atoms with Crippen LogP contribution in [0.15, 0.2) is 53.4 Å². The molecule has 0 fully saturated rings. The molecular weight excluding hydrogens is 404 g/mol. The molecular formula is C22H30N2O5S. The Labute approximate surface area is 178 Å². The van der Waals surface area contributed by atoms with Gasteiger partial charge in [0.25, 0.3) is 0 Å². The molecule has 0 spiro atoms. The van der Waals surface area contributed by atoms with Crippen molar-refractivity contribution >= 4 is 15.9 Å². The Kier molecular flexibility index (Phi) is 9.29. The number of rotatable bonds is 12. The van der Waals surface area contributed by atoms with E-state index in [4.69, 9.17) is 9.47 Å². The normalized spacial score (nSPS) is 12.4. The highest BCUT2D eigenvalue weighted by Gasteiger charge is 2.26. The number of aryl methyl sites for hydroxylation is 1. The highest BCUT2D eigenvalue weighted by atomic mass is 32.2. The van der Waals surface area contributed by atoms with Crippen LogP contribution in [0.4, 0.5) is 0 Å². The minimum absolute atomic E-state index is 0.0861. The van der Waals surface area contributed by atoms with Crippen molar-refractivity contribution in [2.75, 3.05) is 26.9 Å². The van der Waals surface area contributed by atoms with E-state index in [1.54, 1.807) is 13.0 Å². The molecule has 0 saturated heterocycles. The van der Waals surface area contributed by atoms with E-state index in [0.717, 1.165) is 5.56 Å². The van der Waals surface area contributed by atoms with E-state index in [1.165, 1.54) is 19.2 Å². The zero-order valence-corrected chi connectivity index (χ0v) is 18.5. The molecule has 8 heteroatoms. The van der Waals surface area contributed by atoms with Gasteiger partial charge in [-0.3, -0.25) is 4.79 Å². The number of carbonyl (C=O) groups excluding carboxylic acids is 1. The van der Waals surface area contributed by atoms with Gasteiger partial charge in [-0.05, 0) is 56.0 Å². The lowest BCUT2D eigenvalue weighted by Crippen LogP contribution is -2.48. The second-order valence-corrected chi connectivity index (χ2v) is 8.55. The van der Waals surface area contributed by atoms with Crippen LogP contribution < -0.4 is 14.8 Å². The second kappa shape index (κ2) is 11.7. The van der Waals surface area contributed by atoms with Crippen LogP contribution >= 0.6 is 0 Å². The summed E-state index contributed by atoms with van der Waals surface area (Å²) in [4.78, 5) is 12.8. The number of methoxy groups -OCH3 is 1. The van der Waals surface area contributed by atoms with Crippen molar-refractivity contribution in [2.24, 2.45) is 0 Å². The van der Waals surface area contributed by atoms with Crippen molar-refractivity contribution in [3.05, 3.63) is 59.7 Å². The predicted octanol–water partition coefficient (Wildman–Crippen LogP) is 2.44. The van der Waals surface area contributed by atoms with Gasteiger partial charge >= 0.3 is 0 Å². The Morgan fingerprint density at radius 1 is 1.13 bits per heavy atom. The molecule has 0 unspecified atom stereocenters. The van der Waals surface area contributed by atoms with Gasteiger partial charge in [0.1, 0.15) is 11.8 Å². The van der Waals surface area contributed by atoms with Crippen LogP contribution in [0.25, 0.3) is 0 Å². The minimum atomic E-state index is -3.90. The number of nitrogens with one attached hydrogen (secondary N) is 2. The van der Waals surface area contributed by atoms with Crippen molar-refractivity contribution in [1.29, 1.82) is 0 Å². The Morgan fingerprint density at radius 2 is 1.87 bits per heavy atom. The van der Waals surface area contributed by atoms with E-state index in [0.29, 0.717) is 37.5 Å². The number of carbonyl (C=O) groups is 1. The first kappa shape index (κ1) is 23.9. The van der Waals surface area contributed by atoms with Crippen molar-refractivity contribution in [3.8, 4) is 5.75 Å². The summed E-state index contributed by atoms with van der Waals surface area (Å²) >= 11 is 0. The van der Waals surface area contributed by atoms with Crippen molar-refractivity contribution in [3.63, 3.8) is 0 Å². The number of sulfonamides is 1. The van der Waals surface area contributed by atoms with Gasteiger partial charge in [0.2, 0.25) is 15.9 Å². The summed E-state index contributed by atoms with van der Waals surface area (Å²) in [6, 6.07) is 13.0. The number of ether oxygens (including phenoxy) is 2. The summed E-state index contributed by atoms with van der Waals surface area (Å²) in [5, 5.41) is 2.80. The van der Waals surface area contributed by atoms with Gasteiger partial charge in [0.15, 0.2) is 0 Å². The van der Waals surface area contributed by atoms with Crippen molar-refractivity contribution in [2.45, 2.75) is 37.6 Å². The molecule has 1 atom stereocenters. The van der Waals surface area contributed by atoms with E-state index >= 15 is 0 Å². The molecule has 7 nitrogen and oxygen atoms in total. The van der Waals surface area contributed by atoms with Gasteiger partial charge in [-0.15, -0.1) is 0 Å². The Bertz CT molecular complexity index is 916. The fraction of sp³-hybridized carbons (Fsp3) is 0.409. The first-order valence-corrected chi connectivity index (χ1v) is 11.4. The Balaban J connectivity index is 2.16. The van der Waals surface area contributed by atoms with Gasteiger partial charge in [0.05, 0.1) is 12.0 Å². The fourth-order valence-corrected chi connectivity index (χ4v) is 4.24. The van der Waals surface area contributed by atoms with Crippen LogP contribution in [0.5, 0.6) is 5.75 Å². The van der Waals surface area contributed by atoms with Gasteiger partial charge in [0, 0.05) is 19.8 Å². The number of hydrogen-bond acceptors (Lipinski definition) is 5. The fourth-order valence-electron chi connectivity index (χ4n) is 2.96. The van der Waals surface area contributed by atoms with Crippen molar-refractivity contribution < 1.29 is 22.7 Å². The third kappa shape index (κ3) is 7.12. The standard InChI is InChI=1S/C22H30N2O5S/c1-4-29-14-8-13-23-22(25)20(16-18-9-6-5-7-10-18)24-30(26,27)19-11-12-21(28-3)17(2)15-19/h5-7,9-12,15,20,24H,4,8,13-14,16H2,1-3H3,(H,23,25)/t20-/m0/s1. The van der Waals surface area contributed by atoms with Crippen LogP contribution in [-0.2, 0) is 26.0 Å². The topological polar surface area (TPSA) is 93.7 Å². The largest absolute Gasteiger partial charge is 0.496 e. The van der Waals surface area contributed by atoms with E-state index in [1.807, 2.05) is 37.3 Å². The highest BCUT2D eigenvalue weighted by molar-refractivity contribution is 7.89. The molecule has 0 saturated carbocycles. The first-order valence-electron chi connectivity index (χ1n) is 9.93.